The molecule has 178 valence electrons. The van der Waals surface area contributed by atoms with E-state index in [1.54, 1.807) is 23.9 Å². The van der Waals surface area contributed by atoms with Crippen molar-refractivity contribution in [1.82, 2.24) is 14.8 Å². The minimum absolute atomic E-state index is 0.0979. The van der Waals surface area contributed by atoms with Gasteiger partial charge in [0.25, 0.3) is 5.91 Å². The van der Waals surface area contributed by atoms with Gasteiger partial charge in [0, 0.05) is 56.2 Å². The second kappa shape index (κ2) is 9.73. The predicted molar refractivity (Wildman–Crippen MR) is 135 cm³/mol. The second-order valence-electron chi connectivity index (χ2n) is 9.14. The van der Waals surface area contributed by atoms with E-state index in [9.17, 15) is 14.7 Å². The van der Waals surface area contributed by atoms with Crippen LogP contribution in [-0.2, 0) is 7.05 Å². The number of hydrogen-bond donors (Lipinski definition) is 2. The Balaban J connectivity index is 1.51. The van der Waals surface area contributed by atoms with Crippen LogP contribution in [-0.4, -0.2) is 59.7 Å². The summed E-state index contributed by atoms with van der Waals surface area (Å²) in [6.07, 6.45) is 1.80. The number of rotatable bonds is 6. The van der Waals surface area contributed by atoms with Gasteiger partial charge in [-0.3, -0.25) is 4.79 Å². The van der Waals surface area contributed by atoms with Crippen LogP contribution in [0.5, 0.6) is 0 Å². The van der Waals surface area contributed by atoms with Crippen molar-refractivity contribution < 1.29 is 14.7 Å². The topological polar surface area (TPSA) is 77.8 Å². The molecule has 1 aromatic heterocycles. The third-order valence-corrected chi connectivity index (χ3v) is 6.63. The molecular weight excluding hydrogens is 428 g/mol. The first-order valence-electron chi connectivity index (χ1n) is 11.6. The van der Waals surface area contributed by atoms with Crippen molar-refractivity contribution in [1.29, 1.82) is 0 Å². The number of anilines is 1. The van der Waals surface area contributed by atoms with E-state index in [2.05, 4.69) is 28.2 Å². The highest BCUT2D eigenvalue weighted by molar-refractivity contribution is 5.97. The number of carbonyl (C=O) groups excluding carboxylic acids is 1. The zero-order chi connectivity index (χ0) is 24.4. The first-order chi connectivity index (χ1) is 16.2. The first kappa shape index (κ1) is 23.6. The molecule has 1 amide bonds. The van der Waals surface area contributed by atoms with Crippen molar-refractivity contribution in [3.05, 3.63) is 77.1 Å². The average molecular weight is 461 g/mol. The number of benzene rings is 2. The van der Waals surface area contributed by atoms with E-state index in [-0.39, 0.29) is 17.6 Å². The van der Waals surface area contributed by atoms with Gasteiger partial charge >= 0.3 is 5.97 Å². The van der Waals surface area contributed by atoms with Gasteiger partial charge in [0.2, 0.25) is 0 Å². The summed E-state index contributed by atoms with van der Waals surface area (Å²) in [5, 5.41) is 12.5. The molecule has 1 saturated heterocycles. The molecule has 1 fully saturated rings. The SMILES string of the molecule is Cc1ccc(N2CCN(C)CC2)cc1C(=O)N[C@H](C)c1cccc(-c2cc(C(=O)O)n(C)c2)c1. The molecule has 0 unspecified atom stereocenters. The van der Waals surface area contributed by atoms with Crippen molar-refractivity contribution in [2.75, 3.05) is 38.1 Å². The minimum atomic E-state index is -0.959. The van der Waals surface area contributed by atoms with Crippen LogP contribution in [0, 0.1) is 6.92 Å². The number of carbonyl (C=O) groups is 2. The van der Waals surface area contributed by atoms with E-state index in [0.717, 1.165) is 54.1 Å². The van der Waals surface area contributed by atoms with E-state index < -0.39 is 5.97 Å². The predicted octanol–water partition coefficient (Wildman–Crippen LogP) is 3.94. The quantitative estimate of drug-likeness (QED) is 0.583. The number of aromatic carboxylic acids is 1. The summed E-state index contributed by atoms with van der Waals surface area (Å²) in [5.41, 5.74) is 5.65. The Morgan fingerprint density at radius 1 is 0.971 bits per heavy atom. The molecule has 1 aliphatic rings. The number of nitrogens with one attached hydrogen (secondary N) is 1. The van der Waals surface area contributed by atoms with Gasteiger partial charge < -0.3 is 24.8 Å². The molecule has 3 aromatic rings. The fourth-order valence-corrected chi connectivity index (χ4v) is 4.40. The molecule has 0 aliphatic carbocycles. The zero-order valence-corrected chi connectivity index (χ0v) is 20.2. The highest BCUT2D eigenvalue weighted by Crippen LogP contribution is 2.26. The van der Waals surface area contributed by atoms with Crippen molar-refractivity contribution in [3.8, 4) is 11.1 Å². The molecule has 1 atom stereocenters. The number of likely N-dealkylation sites (N-methyl/N-ethyl adjacent to an activating group) is 1. The molecule has 0 saturated carbocycles. The van der Waals surface area contributed by atoms with Crippen LogP contribution in [0.4, 0.5) is 5.69 Å². The van der Waals surface area contributed by atoms with Gasteiger partial charge in [0.15, 0.2) is 0 Å². The maximum atomic E-state index is 13.2. The molecule has 0 spiro atoms. The lowest BCUT2D eigenvalue weighted by Crippen LogP contribution is -2.44. The van der Waals surface area contributed by atoms with E-state index >= 15 is 0 Å². The van der Waals surface area contributed by atoms with Crippen LogP contribution in [0.3, 0.4) is 0 Å². The summed E-state index contributed by atoms with van der Waals surface area (Å²) in [6, 6.07) is 15.4. The normalized spacial score (nSPS) is 15.2. The van der Waals surface area contributed by atoms with Gasteiger partial charge in [0.1, 0.15) is 5.69 Å². The number of aromatic nitrogens is 1. The van der Waals surface area contributed by atoms with Gasteiger partial charge in [-0.2, -0.15) is 0 Å². The Hall–Kier alpha value is -3.58. The molecule has 2 heterocycles. The van der Waals surface area contributed by atoms with Crippen LogP contribution in [0.25, 0.3) is 11.1 Å². The molecule has 0 bridgehead atoms. The Bertz CT molecular complexity index is 1210. The molecule has 1 aliphatic heterocycles. The number of hydrogen-bond acceptors (Lipinski definition) is 4. The van der Waals surface area contributed by atoms with Crippen molar-refractivity contribution in [2.45, 2.75) is 19.9 Å². The highest BCUT2D eigenvalue weighted by atomic mass is 16.4. The number of piperazine rings is 1. The number of carboxylic acids is 1. The summed E-state index contributed by atoms with van der Waals surface area (Å²) < 4.78 is 1.60. The van der Waals surface area contributed by atoms with Crippen LogP contribution >= 0.6 is 0 Å². The Labute approximate surface area is 200 Å². The van der Waals surface area contributed by atoms with Crippen molar-refractivity contribution in [3.63, 3.8) is 0 Å². The average Bonchev–Trinajstić information content (AvgIpc) is 3.22. The van der Waals surface area contributed by atoms with E-state index in [4.69, 9.17) is 0 Å². The molecular formula is C27H32N4O3. The molecule has 0 radical (unpaired) electrons. The van der Waals surface area contributed by atoms with Gasteiger partial charge in [0.05, 0.1) is 6.04 Å². The van der Waals surface area contributed by atoms with Gasteiger partial charge in [-0.1, -0.05) is 24.3 Å². The number of aryl methyl sites for hydroxylation is 2. The number of nitrogens with zero attached hydrogens (tertiary/aromatic N) is 3. The fraction of sp³-hybridized carbons (Fsp3) is 0.333. The van der Waals surface area contributed by atoms with Gasteiger partial charge in [-0.05, 0) is 61.9 Å². The van der Waals surface area contributed by atoms with Crippen LogP contribution in [0.2, 0.25) is 0 Å². The van der Waals surface area contributed by atoms with Crippen LogP contribution in [0.15, 0.2) is 54.7 Å². The van der Waals surface area contributed by atoms with Gasteiger partial charge in [-0.15, -0.1) is 0 Å². The van der Waals surface area contributed by atoms with Crippen molar-refractivity contribution >= 4 is 17.6 Å². The molecule has 34 heavy (non-hydrogen) atoms. The first-order valence-corrected chi connectivity index (χ1v) is 11.6. The molecule has 2 N–H and O–H groups in total. The molecule has 7 nitrogen and oxygen atoms in total. The lowest BCUT2D eigenvalue weighted by molar-refractivity contribution is 0.0686. The summed E-state index contributed by atoms with van der Waals surface area (Å²) in [5.74, 6) is -1.06. The van der Waals surface area contributed by atoms with E-state index in [0.29, 0.717) is 5.56 Å². The summed E-state index contributed by atoms with van der Waals surface area (Å²) in [4.78, 5) is 29.2. The number of carboxylic acid groups (broad SMARTS) is 1. The third kappa shape index (κ3) is 4.99. The second-order valence-corrected chi connectivity index (χ2v) is 9.14. The third-order valence-electron chi connectivity index (χ3n) is 6.63. The highest BCUT2D eigenvalue weighted by Gasteiger charge is 2.19. The van der Waals surface area contributed by atoms with Crippen LogP contribution < -0.4 is 10.2 Å². The fourth-order valence-electron chi connectivity index (χ4n) is 4.40. The zero-order valence-electron chi connectivity index (χ0n) is 20.2. The molecule has 4 rings (SSSR count). The Kier molecular flexibility index (Phi) is 6.75. The smallest absolute Gasteiger partial charge is 0.352 e. The Morgan fingerprint density at radius 3 is 2.38 bits per heavy atom. The monoisotopic (exact) mass is 460 g/mol. The largest absolute Gasteiger partial charge is 0.477 e. The molecule has 2 aromatic carbocycles. The molecule has 7 heteroatoms. The number of amides is 1. The van der Waals surface area contributed by atoms with Crippen LogP contribution in [0.1, 0.15) is 44.9 Å². The summed E-state index contributed by atoms with van der Waals surface area (Å²) in [7, 11) is 3.85. The Morgan fingerprint density at radius 2 is 1.71 bits per heavy atom. The van der Waals surface area contributed by atoms with Gasteiger partial charge in [-0.25, -0.2) is 4.79 Å². The summed E-state index contributed by atoms with van der Waals surface area (Å²) >= 11 is 0. The van der Waals surface area contributed by atoms with Crippen molar-refractivity contribution in [2.24, 2.45) is 7.05 Å². The van der Waals surface area contributed by atoms with E-state index in [1.165, 1.54) is 0 Å². The lowest BCUT2D eigenvalue weighted by Gasteiger charge is -2.34. The minimum Gasteiger partial charge on any atom is -0.477 e. The lowest BCUT2D eigenvalue weighted by atomic mass is 10.0. The maximum Gasteiger partial charge on any atom is 0.352 e. The maximum absolute atomic E-state index is 13.2. The van der Waals surface area contributed by atoms with E-state index in [1.807, 2.05) is 50.2 Å². The standard InChI is InChI=1S/C27H32N4O3/c1-18-8-9-23(31-12-10-29(3)11-13-31)16-24(18)26(32)28-19(2)20-6-5-7-21(14-20)22-15-25(27(33)34)30(4)17-22/h5-9,14-17,19H,10-13H2,1-4H3,(H,28,32)(H,33,34)/t19-/m1/s1. The summed E-state index contributed by atoms with van der Waals surface area (Å²) in [6.45, 7) is 7.85.